The molecule has 26 heavy (non-hydrogen) atoms. The van der Waals surface area contributed by atoms with E-state index >= 15 is 0 Å². The normalized spacial score (nSPS) is 23.3. The fraction of sp³-hybridized carbons (Fsp3) is 0.722. The summed E-state index contributed by atoms with van der Waals surface area (Å²) < 4.78 is 2.20. The molecule has 1 atom stereocenters. The number of carbonyl (C=O) groups is 1. The molecule has 0 aromatic carbocycles. The smallest absolute Gasteiger partial charge is 0.220 e. The first-order valence-electron chi connectivity index (χ1n) is 9.24. The van der Waals surface area contributed by atoms with E-state index in [1.165, 1.54) is 0 Å². The summed E-state index contributed by atoms with van der Waals surface area (Å²) in [5, 5.41) is 6.46. The summed E-state index contributed by atoms with van der Waals surface area (Å²) in [6.45, 7) is 8.70. The fourth-order valence-corrected chi connectivity index (χ4v) is 3.99. The summed E-state index contributed by atoms with van der Waals surface area (Å²) in [6, 6.07) is 0. The number of piperidine rings is 1. The van der Waals surface area contributed by atoms with Gasteiger partial charge in [0.25, 0.3) is 0 Å². The number of aliphatic imine (C=N–C) groups is 1. The molecule has 2 saturated heterocycles. The highest BCUT2D eigenvalue weighted by Crippen LogP contribution is 2.35. The maximum atomic E-state index is 11.7. The Kier molecular flexibility index (Phi) is 7.31. The molecular weight excluding hydrogens is 443 g/mol. The predicted octanol–water partition coefficient (Wildman–Crippen LogP) is 1.83. The van der Waals surface area contributed by atoms with E-state index in [0.29, 0.717) is 18.9 Å². The van der Waals surface area contributed by atoms with Crippen LogP contribution in [0.1, 0.15) is 38.9 Å². The van der Waals surface area contributed by atoms with Crippen LogP contribution < -0.4 is 10.6 Å². The lowest BCUT2D eigenvalue weighted by Crippen LogP contribution is -2.51. The van der Waals surface area contributed by atoms with Crippen LogP contribution in [0, 0.1) is 11.3 Å². The second kappa shape index (κ2) is 9.05. The van der Waals surface area contributed by atoms with Crippen LogP contribution >= 0.6 is 24.0 Å². The van der Waals surface area contributed by atoms with Crippen molar-refractivity contribution in [3.8, 4) is 0 Å². The summed E-state index contributed by atoms with van der Waals surface area (Å²) in [5.74, 6) is 2.69. The van der Waals surface area contributed by atoms with Crippen LogP contribution in [0.4, 0.5) is 0 Å². The first kappa shape index (κ1) is 21.0. The third-order valence-electron chi connectivity index (χ3n) is 5.14. The molecule has 146 valence electrons. The van der Waals surface area contributed by atoms with Crippen LogP contribution in [0.5, 0.6) is 0 Å². The maximum absolute atomic E-state index is 11.7. The predicted molar refractivity (Wildman–Crippen MR) is 114 cm³/mol. The molecule has 3 heterocycles. The van der Waals surface area contributed by atoms with Gasteiger partial charge < -0.3 is 20.1 Å². The quantitative estimate of drug-likeness (QED) is 0.397. The van der Waals surface area contributed by atoms with Gasteiger partial charge in [-0.3, -0.25) is 9.79 Å². The second-order valence-corrected chi connectivity index (χ2v) is 7.77. The summed E-state index contributed by atoms with van der Waals surface area (Å²) in [6.07, 6.45) is 6.73. The van der Waals surface area contributed by atoms with Gasteiger partial charge in [-0.25, -0.2) is 4.98 Å². The molecule has 8 heteroatoms. The summed E-state index contributed by atoms with van der Waals surface area (Å²) in [7, 11) is 1.82. The Bertz CT molecular complexity index is 643. The van der Waals surface area contributed by atoms with E-state index in [1.54, 1.807) is 0 Å². The van der Waals surface area contributed by atoms with Gasteiger partial charge in [-0.1, -0.05) is 13.8 Å². The molecule has 0 bridgehead atoms. The van der Waals surface area contributed by atoms with Crippen molar-refractivity contribution in [3.05, 3.63) is 18.2 Å². The Hall–Kier alpha value is -1.32. The molecule has 3 rings (SSSR count). The van der Waals surface area contributed by atoms with Crippen LogP contribution in [-0.4, -0.2) is 53.0 Å². The summed E-state index contributed by atoms with van der Waals surface area (Å²) in [5.41, 5.74) is 0.0725. The van der Waals surface area contributed by atoms with E-state index in [9.17, 15) is 4.79 Å². The summed E-state index contributed by atoms with van der Waals surface area (Å²) in [4.78, 5) is 22.9. The SMILES string of the molecule is CN=C(NCc1nccn1CC(C)C)N1CCCC2(CNC(=O)C2)C1.I. The van der Waals surface area contributed by atoms with Crippen LogP contribution in [-0.2, 0) is 17.9 Å². The first-order chi connectivity index (χ1) is 12.0. The number of halogens is 1. The number of hydrogen-bond donors (Lipinski definition) is 2. The molecule has 1 aromatic heterocycles. The Labute approximate surface area is 173 Å². The zero-order valence-corrected chi connectivity index (χ0v) is 18.3. The zero-order chi connectivity index (χ0) is 17.9. The van der Waals surface area contributed by atoms with Crippen LogP contribution in [0.3, 0.4) is 0 Å². The zero-order valence-electron chi connectivity index (χ0n) is 16.0. The molecule has 1 unspecified atom stereocenters. The number of hydrogen-bond acceptors (Lipinski definition) is 3. The molecule has 2 aliphatic heterocycles. The third-order valence-corrected chi connectivity index (χ3v) is 5.14. The molecule has 7 nitrogen and oxygen atoms in total. The molecule has 0 radical (unpaired) electrons. The number of rotatable bonds is 4. The van der Waals surface area contributed by atoms with E-state index in [-0.39, 0.29) is 35.3 Å². The van der Waals surface area contributed by atoms with Crippen molar-refractivity contribution in [2.24, 2.45) is 16.3 Å². The van der Waals surface area contributed by atoms with E-state index < -0.39 is 0 Å². The maximum Gasteiger partial charge on any atom is 0.220 e. The Morgan fingerprint density at radius 1 is 1.50 bits per heavy atom. The fourth-order valence-electron chi connectivity index (χ4n) is 3.99. The van der Waals surface area contributed by atoms with Gasteiger partial charge in [0, 0.05) is 57.5 Å². The van der Waals surface area contributed by atoms with Crippen molar-refractivity contribution >= 4 is 35.8 Å². The molecule has 2 N–H and O–H groups in total. The number of nitrogens with one attached hydrogen (secondary N) is 2. The Morgan fingerprint density at radius 3 is 2.96 bits per heavy atom. The van der Waals surface area contributed by atoms with Gasteiger partial charge in [0.2, 0.25) is 5.91 Å². The number of likely N-dealkylation sites (tertiary alicyclic amines) is 1. The van der Waals surface area contributed by atoms with E-state index in [0.717, 1.165) is 50.8 Å². The molecule has 2 aliphatic rings. The minimum atomic E-state index is 0. The minimum absolute atomic E-state index is 0. The Balaban J connectivity index is 0.00000243. The number of nitrogens with zero attached hydrogens (tertiary/aromatic N) is 4. The molecule has 0 aliphatic carbocycles. The van der Waals surface area contributed by atoms with E-state index in [1.807, 2.05) is 19.4 Å². The van der Waals surface area contributed by atoms with E-state index in [4.69, 9.17) is 0 Å². The van der Waals surface area contributed by atoms with Crippen molar-refractivity contribution in [1.82, 2.24) is 25.1 Å². The van der Waals surface area contributed by atoms with Gasteiger partial charge in [-0.15, -0.1) is 24.0 Å². The van der Waals surface area contributed by atoms with Crippen molar-refractivity contribution < 1.29 is 4.79 Å². The highest BCUT2D eigenvalue weighted by Gasteiger charge is 2.42. The Morgan fingerprint density at radius 2 is 2.31 bits per heavy atom. The highest BCUT2D eigenvalue weighted by molar-refractivity contribution is 14.0. The number of imidazole rings is 1. The number of carbonyl (C=O) groups excluding carboxylic acids is 1. The number of guanidine groups is 1. The highest BCUT2D eigenvalue weighted by atomic mass is 127. The van der Waals surface area contributed by atoms with Gasteiger partial charge in [0.05, 0.1) is 6.54 Å². The van der Waals surface area contributed by atoms with Crippen molar-refractivity contribution in [2.75, 3.05) is 26.7 Å². The monoisotopic (exact) mass is 474 g/mol. The van der Waals surface area contributed by atoms with Crippen molar-refractivity contribution in [3.63, 3.8) is 0 Å². The lowest BCUT2D eigenvalue weighted by molar-refractivity contribution is -0.119. The largest absolute Gasteiger partial charge is 0.355 e. The second-order valence-electron chi connectivity index (χ2n) is 7.77. The van der Waals surface area contributed by atoms with Gasteiger partial charge in [0.1, 0.15) is 5.82 Å². The average Bonchev–Trinajstić information content (AvgIpc) is 3.15. The van der Waals surface area contributed by atoms with Crippen LogP contribution in [0.2, 0.25) is 0 Å². The lowest BCUT2D eigenvalue weighted by Gasteiger charge is -2.40. The standard InChI is InChI=1S/C18H30N6O.HI/c1-14(2)11-23-8-6-20-15(23)10-21-17(19-3)24-7-4-5-18(13-24)9-16(25)22-12-18;/h6,8,14H,4-5,7,9-13H2,1-3H3,(H,19,21)(H,22,25);1H. The molecule has 1 amide bonds. The van der Waals surface area contributed by atoms with Crippen LogP contribution in [0.25, 0.3) is 0 Å². The van der Waals surface area contributed by atoms with Gasteiger partial charge in [-0.05, 0) is 18.8 Å². The van der Waals surface area contributed by atoms with Gasteiger partial charge in [-0.2, -0.15) is 0 Å². The minimum Gasteiger partial charge on any atom is -0.355 e. The van der Waals surface area contributed by atoms with Gasteiger partial charge >= 0.3 is 0 Å². The van der Waals surface area contributed by atoms with Gasteiger partial charge in [0.15, 0.2) is 5.96 Å². The lowest BCUT2D eigenvalue weighted by atomic mass is 9.79. The molecule has 2 fully saturated rings. The third kappa shape index (κ3) is 4.89. The van der Waals surface area contributed by atoms with Crippen molar-refractivity contribution in [1.29, 1.82) is 0 Å². The topological polar surface area (TPSA) is 74.6 Å². The van der Waals surface area contributed by atoms with Crippen LogP contribution in [0.15, 0.2) is 17.4 Å². The first-order valence-corrected chi connectivity index (χ1v) is 9.24. The number of amides is 1. The molecule has 1 spiro atoms. The number of aromatic nitrogens is 2. The van der Waals surface area contributed by atoms with E-state index in [2.05, 4.69) is 43.9 Å². The average molecular weight is 474 g/mol. The molecule has 1 aromatic rings. The molecular formula is C18H31IN6O. The summed E-state index contributed by atoms with van der Waals surface area (Å²) >= 11 is 0. The van der Waals surface area contributed by atoms with Crippen molar-refractivity contribution in [2.45, 2.75) is 46.2 Å². The molecule has 0 saturated carbocycles.